The first-order valence-electron chi connectivity index (χ1n) is 9.29. The van der Waals surface area contributed by atoms with Gasteiger partial charge in [0.2, 0.25) is 0 Å². The van der Waals surface area contributed by atoms with Gasteiger partial charge in [0.15, 0.2) is 0 Å². The fraction of sp³-hybridized carbons (Fsp3) is 0.0870. The Morgan fingerprint density at radius 2 is 1.62 bits per heavy atom. The van der Waals surface area contributed by atoms with Crippen LogP contribution >= 0.6 is 0 Å². The van der Waals surface area contributed by atoms with Gasteiger partial charge in [-0.2, -0.15) is 0 Å². The Kier molecular flexibility index (Phi) is 5.33. The van der Waals surface area contributed by atoms with Gasteiger partial charge in [0.1, 0.15) is 5.75 Å². The number of nitrogens with zero attached hydrogens (tertiary/aromatic N) is 2. The van der Waals surface area contributed by atoms with Crippen molar-refractivity contribution in [3.05, 3.63) is 90.8 Å². The van der Waals surface area contributed by atoms with Crippen LogP contribution in [-0.2, 0) is 0 Å². The molecule has 1 unspecified atom stereocenters. The van der Waals surface area contributed by atoms with Gasteiger partial charge in [0.25, 0.3) is 0 Å². The molecule has 3 aromatic carbocycles. The SMILES string of the molecule is CC(NC(=O)Nc1ccc(Oc2ncccn2)cc1)c1cccc2ccccc12. The largest absolute Gasteiger partial charge is 0.424 e. The van der Waals surface area contributed by atoms with Crippen molar-refractivity contribution >= 4 is 22.5 Å². The molecule has 29 heavy (non-hydrogen) atoms. The summed E-state index contributed by atoms with van der Waals surface area (Å²) in [5.74, 6) is 0.589. The minimum absolute atomic E-state index is 0.140. The standard InChI is InChI=1S/C23H20N4O2/c1-16(20-9-4-7-17-6-2-3-8-21(17)20)26-22(28)27-18-10-12-19(13-11-18)29-23-24-14-5-15-25-23/h2-16H,1H3,(H2,26,27,28). The van der Waals surface area contributed by atoms with Crippen LogP contribution in [0, 0.1) is 0 Å². The minimum atomic E-state index is -0.273. The summed E-state index contributed by atoms with van der Waals surface area (Å²) in [5, 5.41) is 8.12. The van der Waals surface area contributed by atoms with Gasteiger partial charge in [-0.1, -0.05) is 42.5 Å². The van der Waals surface area contributed by atoms with Gasteiger partial charge in [0.05, 0.1) is 6.04 Å². The number of urea groups is 1. The molecular formula is C23H20N4O2. The maximum Gasteiger partial charge on any atom is 0.321 e. The number of anilines is 1. The second-order valence-corrected chi connectivity index (χ2v) is 6.55. The summed E-state index contributed by atoms with van der Waals surface area (Å²) in [6, 6.07) is 22.9. The van der Waals surface area contributed by atoms with Gasteiger partial charge in [-0.25, -0.2) is 14.8 Å². The second kappa shape index (κ2) is 8.39. The van der Waals surface area contributed by atoms with Crippen LogP contribution in [0.5, 0.6) is 11.8 Å². The molecule has 0 saturated carbocycles. The smallest absolute Gasteiger partial charge is 0.321 e. The molecule has 0 saturated heterocycles. The summed E-state index contributed by atoms with van der Waals surface area (Å²) >= 11 is 0. The summed E-state index contributed by atoms with van der Waals surface area (Å²) in [6.07, 6.45) is 3.22. The molecule has 6 heteroatoms. The van der Waals surface area contributed by atoms with E-state index in [-0.39, 0.29) is 18.1 Å². The van der Waals surface area contributed by atoms with Gasteiger partial charge >= 0.3 is 12.0 Å². The van der Waals surface area contributed by atoms with Crippen LogP contribution in [0.2, 0.25) is 0 Å². The molecule has 0 aliphatic heterocycles. The van der Waals surface area contributed by atoms with Crippen LogP contribution < -0.4 is 15.4 Å². The summed E-state index contributed by atoms with van der Waals surface area (Å²) in [4.78, 5) is 20.5. The predicted molar refractivity (Wildman–Crippen MR) is 113 cm³/mol. The molecule has 0 radical (unpaired) electrons. The van der Waals surface area contributed by atoms with E-state index in [1.807, 2.05) is 31.2 Å². The number of fused-ring (bicyclic) bond motifs is 1. The van der Waals surface area contributed by atoms with Gasteiger partial charge in [0, 0.05) is 18.1 Å². The highest BCUT2D eigenvalue weighted by molar-refractivity contribution is 5.91. The van der Waals surface area contributed by atoms with E-state index >= 15 is 0 Å². The lowest BCUT2D eigenvalue weighted by Crippen LogP contribution is -2.31. The molecule has 1 heterocycles. The molecule has 4 aromatic rings. The van der Waals surface area contributed by atoms with Crippen LogP contribution in [-0.4, -0.2) is 16.0 Å². The molecule has 0 aliphatic carbocycles. The number of ether oxygens (including phenoxy) is 1. The van der Waals surface area contributed by atoms with E-state index in [2.05, 4.69) is 38.8 Å². The van der Waals surface area contributed by atoms with Gasteiger partial charge < -0.3 is 15.4 Å². The third-order valence-electron chi connectivity index (χ3n) is 4.50. The zero-order valence-electron chi connectivity index (χ0n) is 15.9. The first-order valence-corrected chi connectivity index (χ1v) is 9.29. The third kappa shape index (κ3) is 4.50. The van der Waals surface area contributed by atoms with Gasteiger partial charge in [-0.3, -0.25) is 0 Å². The monoisotopic (exact) mass is 384 g/mol. The van der Waals surface area contributed by atoms with Gasteiger partial charge in [-0.05, 0) is 53.6 Å². The molecular weight excluding hydrogens is 364 g/mol. The third-order valence-corrected chi connectivity index (χ3v) is 4.50. The zero-order chi connectivity index (χ0) is 20.1. The highest BCUT2D eigenvalue weighted by Gasteiger charge is 2.12. The number of carbonyl (C=O) groups is 1. The molecule has 0 bridgehead atoms. The molecule has 0 aliphatic rings. The van der Waals surface area contributed by atoms with Crippen LogP contribution in [0.1, 0.15) is 18.5 Å². The van der Waals surface area contributed by atoms with Crippen molar-refractivity contribution in [1.29, 1.82) is 0 Å². The van der Waals surface area contributed by atoms with Gasteiger partial charge in [-0.15, -0.1) is 0 Å². The normalized spacial score (nSPS) is 11.6. The Bertz CT molecular complexity index is 1110. The lowest BCUT2D eigenvalue weighted by Gasteiger charge is -2.17. The van der Waals surface area contributed by atoms with Crippen molar-refractivity contribution < 1.29 is 9.53 Å². The molecule has 2 amide bonds. The summed E-state index contributed by atoms with van der Waals surface area (Å²) in [7, 11) is 0. The van der Waals surface area contributed by atoms with E-state index in [9.17, 15) is 4.79 Å². The Morgan fingerprint density at radius 3 is 2.41 bits per heavy atom. The lowest BCUT2D eigenvalue weighted by molar-refractivity contribution is 0.249. The topological polar surface area (TPSA) is 76.1 Å². The Balaban J connectivity index is 1.39. The van der Waals surface area contributed by atoms with E-state index in [0.29, 0.717) is 11.4 Å². The number of amides is 2. The minimum Gasteiger partial charge on any atom is -0.424 e. The first kappa shape index (κ1) is 18.4. The van der Waals surface area contributed by atoms with Crippen LogP contribution in [0.15, 0.2) is 85.2 Å². The molecule has 0 fully saturated rings. The molecule has 6 nitrogen and oxygen atoms in total. The first-order chi connectivity index (χ1) is 14.2. The van der Waals surface area contributed by atoms with Crippen molar-refractivity contribution in [2.24, 2.45) is 0 Å². The van der Waals surface area contributed by atoms with E-state index in [0.717, 1.165) is 16.3 Å². The Morgan fingerprint density at radius 1 is 0.897 bits per heavy atom. The van der Waals surface area contributed by atoms with Crippen LogP contribution in [0.25, 0.3) is 10.8 Å². The summed E-state index contributed by atoms with van der Waals surface area (Å²) in [5.41, 5.74) is 1.74. The van der Waals surface area contributed by atoms with E-state index < -0.39 is 0 Å². The Hall–Kier alpha value is -3.93. The molecule has 2 N–H and O–H groups in total. The molecule has 1 atom stereocenters. The van der Waals surface area contributed by atoms with E-state index in [4.69, 9.17) is 4.74 Å². The quantitative estimate of drug-likeness (QED) is 0.489. The summed E-state index contributed by atoms with van der Waals surface area (Å²) < 4.78 is 5.55. The van der Waals surface area contributed by atoms with Crippen LogP contribution in [0.4, 0.5) is 10.5 Å². The Labute approximate surface area is 168 Å². The molecule has 0 spiro atoms. The average molecular weight is 384 g/mol. The molecule has 4 rings (SSSR count). The number of rotatable bonds is 5. The summed E-state index contributed by atoms with van der Waals surface area (Å²) in [6.45, 7) is 1.97. The second-order valence-electron chi connectivity index (χ2n) is 6.55. The van der Waals surface area contributed by atoms with E-state index in [1.54, 1.807) is 42.7 Å². The number of hydrogen-bond acceptors (Lipinski definition) is 4. The van der Waals surface area contributed by atoms with E-state index in [1.165, 1.54) is 0 Å². The highest BCUT2D eigenvalue weighted by Crippen LogP contribution is 2.24. The highest BCUT2D eigenvalue weighted by atomic mass is 16.5. The van der Waals surface area contributed by atoms with Crippen molar-refractivity contribution in [2.75, 3.05) is 5.32 Å². The number of hydrogen-bond donors (Lipinski definition) is 2. The zero-order valence-corrected chi connectivity index (χ0v) is 15.9. The fourth-order valence-corrected chi connectivity index (χ4v) is 3.12. The van der Waals surface area contributed by atoms with Crippen molar-refractivity contribution in [3.8, 4) is 11.8 Å². The van der Waals surface area contributed by atoms with Crippen LogP contribution in [0.3, 0.4) is 0 Å². The average Bonchev–Trinajstić information content (AvgIpc) is 2.75. The lowest BCUT2D eigenvalue weighted by atomic mass is 10.00. The van der Waals surface area contributed by atoms with Crippen molar-refractivity contribution in [1.82, 2.24) is 15.3 Å². The number of nitrogens with one attached hydrogen (secondary N) is 2. The predicted octanol–water partition coefficient (Wildman–Crippen LogP) is 5.30. The van der Waals surface area contributed by atoms with Crippen molar-refractivity contribution in [3.63, 3.8) is 0 Å². The number of benzene rings is 3. The number of aromatic nitrogens is 2. The van der Waals surface area contributed by atoms with Crippen molar-refractivity contribution in [2.45, 2.75) is 13.0 Å². The fourth-order valence-electron chi connectivity index (χ4n) is 3.12. The maximum atomic E-state index is 12.4. The maximum absolute atomic E-state index is 12.4. The molecule has 144 valence electrons. The molecule has 1 aromatic heterocycles. The number of carbonyl (C=O) groups excluding carboxylic acids is 1.